The molecule has 1 aromatic carbocycles. The molecule has 30 heavy (non-hydrogen) atoms. The van der Waals surface area contributed by atoms with Crippen molar-refractivity contribution in [2.24, 2.45) is 5.10 Å². The van der Waals surface area contributed by atoms with Gasteiger partial charge in [-0.05, 0) is 58.5 Å². The Morgan fingerprint density at radius 1 is 1.27 bits per heavy atom. The number of methoxy groups -OCH3 is 1. The number of hydrazone groups is 1. The van der Waals surface area contributed by atoms with Crippen molar-refractivity contribution in [2.45, 2.75) is 6.92 Å². The van der Waals surface area contributed by atoms with Gasteiger partial charge in [0.05, 0.1) is 17.7 Å². The van der Waals surface area contributed by atoms with Gasteiger partial charge in [-0.2, -0.15) is 9.78 Å². The second-order valence-corrected chi connectivity index (χ2v) is 6.96. The monoisotopic (exact) mass is 424 g/mol. The van der Waals surface area contributed by atoms with Gasteiger partial charge in [0.25, 0.3) is 5.91 Å². The summed E-state index contributed by atoms with van der Waals surface area (Å²) in [7, 11) is 1.59. The summed E-state index contributed by atoms with van der Waals surface area (Å²) in [6, 6.07) is 11.0. The van der Waals surface area contributed by atoms with Crippen LogP contribution in [0.5, 0.6) is 5.75 Å². The molecule has 0 aliphatic heterocycles. The Labute approximate surface area is 174 Å². The van der Waals surface area contributed by atoms with Gasteiger partial charge in [0, 0.05) is 0 Å². The lowest BCUT2D eigenvalue weighted by atomic mass is 10.1. The van der Waals surface area contributed by atoms with E-state index in [0.717, 1.165) is 16.2 Å². The molecule has 0 unspecified atom stereocenters. The minimum Gasteiger partial charge on any atom is -0.497 e. The van der Waals surface area contributed by atoms with Crippen LogP contribution in [0.15, 0.2) is 51.5 Å². The van der Waals surface area contributed by atoms with Crippen LogP contribution >= 0.6 is 11.3 Å². The Morgan fingerprint density at radius 3 is 2.70 bits per heavy atom. The van der Waals surface area contributed by atoms with Crippen LogP contribution in [0.3, 0.4) is 0 Å². The second-order valence-electron chi connectivity index (χ2n) is 6.02. The summed E-state index contributed by atoms with van der Waals surface area (Å²) in [4.78, 5) is 13.6. The van der Waals surface area contributed by atoms with E-state index in [4.69, 9.17) is 10.5 Å². The zero-order chi connectivity index (χ0) is 21.1. The lowest BCUT2D eigenvalue weighted by Gasteiger charge is -2.05. The van der Waals surface area contributed by atoms with E-state index < -0.39 is 5.91 Å². The minimum absolute atomic E-state index is 0.0260. The third kappa shape index (κ3) is 3.63. The van der Waals surface area contributed by atoms with Crippen molar-refractivity contribution in [1.82, 2.24) is 30.7 Å². The highest BCUT2D eigenvalue weighted by molar-refractivity contribution is 7.13. The van der Waals surface area contributed by atoms with Crippen LogP contribution in [-0.4, -0.2) is 44.0 Å². The maximum absolute atomic E-state index is 12.8. The maximum atomic E-state index is 12.8. The number of anilines is 1. The predicted octanol–water partition coefficient (Wildman–Crippen LogP) is 2.12. The Morgan fingerprint density at radius 2 is 2.07 bits per heavy atom. The Balaban J connectivity index is 1.64. The molecule has 0 radical (unpaired) electrons. The van der Waals surface area contributed by atoms with Crippen LogP contribution < -0.4 is 15.9 Å². The van der Waals surface area contributed by atoms with Crippen LogP contribution in [0.4, 0.5) is 5.82 Å². The van der Waals surface area contributed by atoms with Gasteiger partial charge >= 0.3 is 0 Å². The fourth-order valence-electron chi connectivity index (χ4n) is 2.64. The summed E-state index contributed by atoms with van der Waals surface area (Å²) in [6.07, 6.45) is 0. The van der Waals surface area contributed by atoms with Crippen LogP contribution in [-0.2, 0) is 0 Å². The molecule has 12 heteroatoms. The number of nitrogen functional groups attached to an aromatic ring is 1. The topological polar surface area (TPSA) is 146 Å². The lowest BCUT2D eigenvalue weighted by molar-refractivity contribution is 0.0950. The molecule has 0 saturated heterocycles. The number of ether oxygens (including phenoxy) is 1. The van der Waals surface area contributed by atoms with Crippen molar-refractivity contribution in [3.8, 4) is 22.1 Å². The van der Waals surface area contributed by atoms with Crippen LogP contribution in [0.25, 0.3) is 16.4 Å². The van der Waals surface area contributed by atoms with E-state index in [2.05, 4.69) is 35.8 Å². The Bertz CT molecular complexity index is 1190. The van der Waals surface area contributed by atoms with Gasteiger partial charge in [0.15, 0.2) is 5.69 Å². The smallest absolute Gasteiger partial charge is 0.294 e. The quantitative estimate of drug-likeness (QED) is 0.353. The summed E-state index contributed by atoms with van der Waals surface area (Å²) in [6.45, 7) is 1.78. The van der Waals surface area contributed by atoms with Crippen LogP contribution in [0.2, 0.25) is 0 Å². The van der Waals surface area contributed by atoms with Crippen molar-refractivity contribution in [3.05, 3.63) is 53.0 Å². The molecule has 0 spiro atoms. The largest absolute Gasteiger partial charge is 0.497 e. The molecule has 0 fully saturated rings. The molecule has 0 atom stereocenters. The molecule has 1 amide bonds. The molecule has 3 heterocycles. The molecule has 3 N–H and O–H groups in total. The average Bonchev–Trinajstić information content (AvgIpc) is 3.51. The fourth-order valence-corrected chi connectivity index (χ4v) is 3.40. The van der Waals surface area contributed by atoms with Gasteiger partial charge in [-0.15, -0.1) is 16.4 Å². The number of carbonyl (C=O) groups excluding carboxylic acids is 1. The molecule has 3 aromatic heterocycles. The number of amides is 1. The maximum Gasteiger partial charge on any atom is 0.294 e. The molecule has 4 rings (SSSR count). The number of hydrogen-bond donors (Lipinski definition) is 2. The van der Waals surface area contributed by atoms with Crippen molar-refractivity contribution < 1.29 is 14.2 Å². The summed E-state index contributed by atoms with van der Waals surface area (Å²) < 4.78 is 11.1. The van der Waals surface area contributed by atoms with Gasteiger partial charge in [0.2, 0.25) is 11.6 Å². The lowest BCUT2D eigenvalue weighted by Crippen LogP contribution is -2.20. The van der Waals surface area contributed by atoms with Gasteiger partial charge in [-0.25, -0.2) is 10.1 Å². The number of benzene rings is 1. The summed E-state index contributed by atoms with van der Waals surface area (Å²) >= 11 is 1.41. The zero-order valence-corrected chi connectivity index (χ0v) is 16.8. The Hall–Kier alpha value is -4.06. The van der Waals surface area contributed by atoms with Gasteiger partial charge < -0.3 is 10.5 Å². The van der Waals surface area contributed by atoms with E-state index in [1.54, 1.807) is 14.0 Å². The van der Waals surface area contributed by atoms with Crippen molar-refractivity contribution in [1.29, 1.82) is 0 Å². The average molecular weight is 424 g/mol. The SMILES string of the molecule is COc1ccc(/C(C)=N/NC(=O)c2nnn(-c3nonc3N)c2-c2cccs2)cc1. The fraction of sp³-hybridized carbons (Fsp3) is 0.111. The van der Waals surface area contributed by atoms with Crippen LogP contribution in [0.1, 0.15) is 23.0 Å². The van der Waals surface area contributed by atoms with Crippen LogP contribution in [0, 0.1) is 0 Å². The number of hydrogen-bond acceptors (Lipinski definition) is 10. The highest BCUT2D eigenvalue weighted by Gasteiger charge is 2.25. The van der Waals surface area contributed by atoms with Crippen molar-refractivity contribution in [2.75, 3.05) is 12.8 Å². The number of thiophene rings is 1. The van der Waals surface area contributed by atoms with Gasteiger partial charge in [-0.3, -0.25) is 4.79 Å². The Kier molecular flexibility index (Phi) is 5.22. The first kappa shape index (κ1) is 19.3. The van der Waals surface area contributed by atoms with E-state index in [-0.39, 0.29) is 17.3 Å². The summed E-state index contributed by atoms with van der Waals surface area (Å²) in [5, 5.41) is 21.3. The predicted molar refractivity (Wildman–Crippen MR) is 110 cm³/mol. The molecule has 11 nitrogen and oxygen atoms in total. The first-order valence-corrected chi connectivity index (χ1v) is 9.53. The number of rotatable bonds is 6. The minimum atomic E-state index is -0.535. The van der Waals surface area contributed by atoms with Gasteiger partial charge in [0.1, 0.15) is 11.4 Å². The van der Waals surface area contributed by atoms with E-state index in [0.29, 0.717) is 11.4 Å². The highest BCUT2D eigenvalue weighted by atomic mass is 32.1. The third-order valence-corrected chi connectivity index (χ3v) is 5.05. The number of nitrogens with two attached hydrogens (primary N) is 1. The highest BCUT2D eigenvalue weighted by Crippen LogP contribution is 2.29. The zero-order valence-electron chi connectivity index (χ0n) is 15.9. The molecule has 0 bridgehead atoms. The van der Waals surface area contributed by atoms with E-state index >= 15 is 0 Å². The number of nitrogens with zero attached hydrogens (tertiary/aromatic N) is 6. The first-order chi connectivity index (χ1) is 14.6. The number of aromatic nitrogens is 5. The molecular formula is C18H16N8O3S. The van der Waals surface area contributed by atoms with E-state index in [1.807, 2.05) is 41.8 Å². The third-order valence-electron chi connectivity index (χ3n) is 4.17. The second kappa shape index (κ2) is 8.13. The molecule has 0 saturated carbocycles. The van der Waals surface area contributed by atoms with Gasteiger partial charge in [-0.1, -0.05) is 11.3 Å². The molecule has 4 aromatic rings. The summed E-state index contributed by atoms with van der Waals surface area (Å²) in [5.41, 5.74) is 10.2. The molecule has 152 valence electrons. The van der Waals surface area contributed by atoms with Crippen molar-refractivity contribution in [3.63, 3.8) is 0 Å². The number of carbonyl (C=O) groups is 1. The summed E-state index contributed by atoms with van der Waals surface area (Å²) in [5.74, 6) is 0.364. The number of nitrogens with one attached hydrogen (secondary N) is 1. The molecule has 0 aliphatic carbocycles. The molecule has 0 aliphatic rings. The van der Waals surface area contributed by atoms with Crippen molar-refractivity contribution >= 4 is 28.8 Å². The normalized spacial score (nSPS) is 11.5. The standard InChI is InChI=1S/C18H16N8O3S/c1-10(11-5-7-12(28-2)8-6-11)20-22-18(27)14-15(13-4-3-9-30-13)26(25-21-14)17-16(19)23-29-24-17/h3-9H,1-2H3,(H2,19,23)(H,22,27)/b20-10+. The molecular weight excluding hydrogens is 408 g/mol. The van der Waals surface area contributed by atoms with E-state index in [1.165, 1.54) is 16.0 Å². The first-order valence-electron chi connectivity index (χ1n) is 8.65. The van der Waals surface area contributed by atoms with E-state index in [9.17, 15) is 4.79 Å².